The summed E-state index contributed by atoms with van der Waals surface area (Å²) in [4.78, 5) is 12.6. The molecule has 2 saturated carbocycles. The first-order chi connectivity index (χ1) is 8.92. The van der Waals surface area contributed by atoms with Gasteiger partial charge in [0, 0.05) is 5.92 Å². The predicted molar refractivity (Wildman–Crippen MR) is 73.4 cm³/mol. The second-order valence-corrected chi connectivity index (χ2v) is 7.50. The molecule has 0 aromatic heterocycles. The van der Waals surface area contributed by atoms with Crippen LogP contribution in [0.25, 0.3) is 0 Å². The van der Waals surface area contributed by atoms with Crippen molar-refractivity contribution in [3.05, 3.63) is 24.3 Å². The number of fused-ring (bicyclic) bond motifs is 1. The van der Waals surface area contributed by atoms with Crippen LogP contribution in [0, 0.1) is 28.6 Å². The molecule has 5 rings (SSSR count). The summed E-state index contributed by atoms with van der Waals surface area (Å²) in [5, 5.41) is 10.8. The predicted octanol–water partition coefficient (Wildman–Crippen LogP) is 2.88. The number of carbonyl (C=O) groups excluding carboxylic acids is 1. The van der Waals surface area contributed by atoms with E-state index in [1.165, 1.54) is 25.7 Å². The Hall–Kier alpha value is -0.890. The Balaban J connectivity index is 1.88. The van der Waals surface area contributed by atoms with Gasteiger partial charge in [0.2, 0.25) is 0 Å². The summed E-state index contributed by atoms with van der Waals surface area (Å²) in [6.07, 6.45) is 13.9. The first kappa shape index (κ1) is 11.9. The highest BCUT2D eigenvalue weighted by Gasteiger charge is 2.67. The van der Waals surface area contributed by atoms with E-state index >= 15 is 0 Å². The van der Waals surface area contributed by atoms with Crippen LogP contribution < -0.4 is 0 Å². The van der Waals surface area contributed by atoms with Gasteiger partial charge in [0.15, 0.2) is 5.78 Å². The van der Waals surface area contributed by atoms with Gasteiger partial charge in [0.25, 0.3) is 0 Å². The molecule has 5 atom stereocenters. The Bertz CT molecular complexity index is 507. The number of hydrogen-bond acceptors (Lipinski definition) is 2. The number of rotatable bonds is 0. The minimum Gasteiger partial charge on any atom is -0.382 e. The highest BCUT2D eigenvalue weighted by Crippen LogP contribution is 2.66. The van der Waals surface area contributed by atoms with Gasteiger partial charge in [-0.15, -0.1) is 0 Å². The number of aliphatic hydroxyl groups is 1. The van der Waals surface area contributed by atoms with Crippen LogP contribution in [0.2, 0.25) is 0 Å². The molecular formula is C17H22O2. The molecule has 2 bridgehead atoms. The molecule has 0 aromatic carbocycles. The summed E-state index contributed by atoms with van der Waals surface area (Å²) in [5.74, 6) is 0.749. The lowest BCUT2D eigenvalue weighted by molar-refractivity contribution is -0.169. The van der Waals surface area contributed by atoms with Gasteiger partial charge < -0.3 is 5.11 Å². The minimum atomic E-state index is -1.17. The molecule has 1 N–H and O–H groups in total. The van der Waals surface area contributed by atoms with Crippen molar-refractivity contribution in [1.29, 1.82) is 0 Å². The average molecular weight is 258 g/mol. The van der Waals surface area contributed by atoms with Crippen molar-refractivity contribution in [1.82, 2.24) is 0 Å². The monoisotopic (exact) mass is 258 g/mol. The molecule has 2 heteroatoms. The van der Waals surface area contributed by atoms with Gasteiger partial charge in [-0.2, -0.15) is 0 Å². The summed E-state index contributed by atoms with van der Waals surface area (Å²) >= 11 is 0. The van der Waals surface area contributed by atoms with Gasteiger partial charge in [-0.05, 0) is 43.9 Å². The minimum absolute atomic E-state index is 0.0000694. The van der Waals surface area contributed by atoms with E-state index in [0.29, 0.717) is 11.8 Å². The van der Waals surface area contributed by atoms with Crippen molar-refractivity contribution in [2.75, 3.05) is 0 Å². The highest BCUT2D eigenvalue weighted by molar-refractivity contribution is 5.97. The SMILES string of the molecule is C[C@@]1(O)C(=O)[C@@]2(C)C=C[C@@H]1[C@H]1[C@@H]2C=CC12CCCC2. The van der Waals surface area contributed by atoms with Crippen LogP contribution in [0.15, 0.2) is 24.3 Å². The molecule has 102 valence electrons. The van der Waals surface area contributed by atoms with Crippen molar-refractivity contribution < 1.29 is 9.90 Å². The number of Topliss-reactive ketones (excluding diaryl/α,β-unsaturated/α-hetero) is 1. The second-order valence-electron chi connectivity index (χ2n) is 7.50. The number of allylic oxidation sites excluding steroid dienone is 3. The number of carbonyl (C=O) groups is 1. The summed E-state index contributed by atoms with van der Waals surface area (Å²) in [7, 11) is 0. The van der Waals surface area contributed by atoms with E-state index in [4.69, 9.17) is 0 Å². The van der Waals surface area contributed by atoms with Crippen LogP contribution in [0.1, 0.15) is 39.5 Å². The molecule has 0 aromatic rings. The first-order valence-corrected chi connectivity index (χ1v) is 7.58. The second kappa shape index (κ2) is 3.22. The quantitative estimate of drug-likeness (QED) is 0.678. The third kappa shape index (κ3) is 1.16. The molecule has 0 amide bonds. The zero-order valence-electron chi connectivity index (χ0n) is 11.7. The van der Waals surface area contributed by atoms with Crippen molar-refractivity contribution in [2.45, 2.75) is 45.1 Å². The molecule has 0 saturated heterocycles. The average Bonchev–Trinajstić information content (AvgIpc) is 2.98. The van der Waals surface area contributed by atoms with Gasteiger partial charge in [-0.25, -0.2) is 0 Å². The van der Waals surface area contributed by atoms with Crippen LogP contribution >= 0.6 is 0 Å². The largest absolute Gasteiger partial charge is 0.382 e. The van der Waals surface area contributed by atoms with Crippen LogP contribution in [-0.4, -0.2) is 16.5 Å². The van der Waals surface area contributed by atoms with Crippen molar-refractivity contribution >= 4 is 5.78 Å². The summed E-state index contributed by atoms with van der Waals surface area (Å²) < 4.78 is 0. The third-order valence-corrected chi connectivity index (χ3v) is 6.55. The summed E-state index contributed by atoms with van der Waals surface area (Å²) in [5.41, 5.74) is -1.41. The molecular weight excluding hydrogens is 236 g/mol. The molecule has 1 spiro atoms. The molecule has 0 unspecified atom stereocenters. The Morgan fingerprint density at radius 1 is 1.11 bits per heavy atom. The number of ketones is 1. The Labute approximate surface area is 114 Å². The maximum Gasteiger partial charge on any atom is 0.174 e. The smallest absolute Gasteiger partial charge is 0.174 e. The molecule has 2 nitrogen and oxygen atoms in total. The van der Waals surface area contributed by atoms with Gasteiger partial charge in [-0.1, -0.05) is 37.1 Å². The topological polar surface area (TPSA) is 37.3 Å². The maximum atomic E-state index is 12.6. The molecule has 2 fully saturated rings. The van der Waals surface area contributed by atoms with E-state index in [-0.39, 0.29) is 17.1 Å². The lowest BCUT2D eigenvalue weighted by Crippen LogP contribution is -2.64. The molecule has 0 heterocycles. The van der Waals surface area contributed by atoms with E-state index in [9.17, 15) is 9.90 Å². The van der Waals surface area contributed by atoms with Crippen LogP contribution in [-0.2, 0) is 4.79 Å². The van der Waals surface area contributed by atoms with E-state index in [1.54, 1.807) is 6.92 Å². The van der Waals surface area contributed by atoms with E-state index in [1.807, 2.05) is 6.92 Å². The Kier molecular flexibility index (Phi) is 2.02. The van der Waals surface area contributed by atoms with E-state index in [0.717, 1.165) is 0 Å². The molecule has 5 aliphatic rings. The van der Waals surface area contributed by atoms with Gasteiger partial charge in [-0.3, -0.25) is 4.79 Å². The van der Waals surface area contributed by atoms with Gasteiger partial charge in [0.05, 0.1) is 5.41 Å². The summed E-state index contributed by atoms with van der Waals surface area (Å²) in [6.45, 7) is 3.75. The normalized spacial score (nSPS) is 53.2. The molecule has 0 aliphatic heterocycles. The highest BCUT2D eigenvalue weighted by atomic mass is 16.3. The van der Waals surface area contributed by atoms with Gasteiger partial charge in [0.1, 0.15) is 5.60 Å². The van der Waals surface area contributed by atoms with Crippen LogP contribution in [0.3, 0.4) is 0 Å². The standard InChI is InChI=1S/C17H22O2/c1-15-9-5-12(16(2,19)14(15)18)13-11(15)6-10-17(13)7-3-4-8-17/h5-6,9-13,19H,3-4,7-8H2,1-2H3/t11-,12+,13+,15-,16-/m0/s1. The first-order valence-electron chi connectivity index (χ1n) is 7.58. The zero-order chi connectivity index (χ0) is 13.5. The van der Waals surface area contributed by atoms with Crippen molar-refractivity contribution in [3.8, 4) is 0 Å². The van der Waals surface area contributed by atoms with Crippen molar-refractivity contribution in [2.24, 2.45) is 28.6 Å². The maximum absolute atomic E-state index is 12.6. The number of hydrogen-bond donors (Lipinski definition) is 1. The van der Waals surface area contributed by atoms with E-state index in [2.05, 4.69) is 24.3 Å². The molecule has 19 heavy (non-hydrogen) atoms. The third-order valence-electron chi connectivity index (χ3n) is 6.55. The van der Waals surface area contributed by atoms with E-state index < -0.39 is 11.0 Å². The molecule has 0 radical (unpaired) electrons. The lowest BCUT2D eigenvalue weighted by atomic mass is 9.46. The Morgan fingerprint density at radius 2 is 1.74 bits per heavy atom. The van der Waals surface area contributed by atoms with Crippen molar-refractivity contribution in [3.63, 3.8) is 0 Å². The zero-order valence-corrected chi connectivity index (χ0v) is 11.7. The van der Waals surface area contributed by atoms with Crippen LogP contribution in [0.4, 0.5) is 0 Å². The molecule has 5 aliphatic carbocycles. The fraction of sp³-hybridized carbons (Fsp3) is 0.706. The van der Waals surface area contributed by atoms with Crippen LogP contribution in [0.5, 0.6) is 0 Å². The lowest BCUT2D eigenvalue weighted by Gasteiger charge is -2.57. The fourth-order valence-electron chi connectivity index (χ4n) is 5.57. The van der Waals surface area contributed by atoms with Gasteiger partial charge >= 0.3 is 0 Å². The Morgan fingerprint density at radius 3 is 2.42 bits per heavy atom. The fourth-order valence-corrected chi connectivity index (χ4v) is 5.57. The summed E-state index contributed by atoms with van der Waals surface area (Å²) in [6, 6.07) is 0.